The minimum absolute atomic E-state index is 0.109. The van der Waals surface area contributed by atoms with Crippen molar-refractivity contribution in [3.63, 3.8) is 0 Å². The Kier molecular flexibility index (Phi) is 4.82. The van der Waals surface area contributed by atoms with Gasteiger partial charge in [-0.25, -0.2) is 14.6 Å². The molecule has 7 aromatic carbocycles. The maximum Gasteiger partial charge on any atom is 0.340 e. The SMILES string of the molecule is COC(=O)c1c(C(=O)OC)c2cc3ccc4cccc5ccc(c2c1=Nc1cccc2ccccc12)c3c45. The van der Waals surface area contributed by atoms with Gasteiger partial charge in [-0.05, 0) is 49.8 Å². The number of fused-ring (bicyclic) bond motifs is 3. The van der Waals surface area contributed by atoms with Crippen LogP contribution >= 0.6 is 0 Å². The van der Waals surface area contributed by atoms with Gasteiger partial charge in [0.05, 0.1) is 30.8 Å². The van der Waals surface area contributed by atoms with E-state index in [-0.39, 0.29) is 11.1 Å². The Labute approximate surface area is 217 Å². The Morgan fingerprint density at radius 1 is 0.553 bits per heavy atom. The Balaban J connectivity index is 1.76. The van der Waals surface area contributed by atoms with Crippen LogP contribution in [0.3, 0.4) is 0 Å². The molecule has 7 rings (SSSR count). The summed E-state index contributed by atoms with van der Waals surface area (Å²) in [6.45, 7) is 0. The van der Waals surface area contributed by atoms with Gasteiger partial charge in [-0.1, -0.05) is 78.9 Å². The van der Waals surface area contributed by atoms with Crippen LogP contribution in [0.4, 0.5) is 5.69 Å². The van der Waals surface area contributed by atoms with E-state index in [0.29, 0.717) is 16.4 Å². The fourth-order valence-corrected chi connectivity index (χ4v) is 5.79. The molecule has 0 aromatic heterocycles. The van der Waals surface area contributed by atoms with Crippen molar-refractivity contribution in [3.05, 3.63) is 107 Å². The summed E-state index contributed by atoms with van der Waals surface area (Å²) in [7, 11) is 2.62. The summed E-state index contributed by atoms with van der Waals surface area (Å²) in [5, 5.41) is 10.1. The summed E-state index contributed by atoms with van der Waals surface area (Å²) in [5.74, 6) is -1.25. The van der Waals surface area contributed by atoms with Crippen molar-refractivity contribution in [2.75, 3.05) is 14.2 Å². The van der Waals surface area contributed by atoms with E-state index in [1.54, 1.807) is 0 Å². The van der Waals surface area contributed by atoms with Crippen LogP contribution in [0.2, 0.25) is 0 Å². The smallest absolute Gasteiger partial charge is 0.340 e. The number of esters is 2. The summed E-state index contributed by atoms with van der Waals surface area (Å²) < 4.78 is 10.4. The summed E-state index contributed by atoms with van der Waals surface area (Å²) in [5.41, 5.74) is 0.971. The van der Waals surface area contributed by atoms with Crippen molar-refractivity contribution in [3.8, 4) is 0 Å². The van der Waals surface area contributed by atoms with Gasteiger partial charge in [-0.3, -0.25) is 0 Å². The van der Waals surface area contributed by atoms with E-state index in [1.165, 1.54) is 14.2 Å². The lowest BCUT2D eigenvalue weighted by Crippen LogP contribution is -2.18. The second-order valence-corrected chi connectivity index (χ2v) is 9.35. The minimum Gasteiger partial charge on any atom is -0.465 e. The quantitative estimate of drug-likeness (QED) is 0.193. The second kappa shape index (κ2) is 8.25. The molecule has 38 heavy (non-hydrogen) atoms. The van der Waals surface area contributed by atoms with Gasteiger partial charge in [-0.15, -0.1) is 0 Å². The molecule has 7 aromatic rings. The van der Waals surface area contributed by atoms with Crippen LogP contribution < -0.4 is 5.36 Å². The first-order chi connectivity index (χ1) is 18.6. The molecule has 0 N–H and O–H groups in total. The van der Waals surface area contributed by atoms with Crippen molar-refractivity contribution in [2.24, 2.45) is 4.99 Å². The van der Waals surface area contributed by atoms with Crippen molar-refractivity contribution < 1.29 is 19.1 Å². The lowest BCUT2D eigenvalue weighted by molar-refractivity contribution is 0.0557. The summed E-state index contributed by atoms with van der Waals surface area (Å²) in [6, 6.07) is 30.3. The zero-order valence-electron chi connectivity index (χ0n) is 20.7. The Morgan fingerprint density at radius 2 is 1.18 bits per heavy atom. The molecule has 0 saturated carbocycles. The predicted molar refractivity (Wildman–Crippen MR) is 151 cm³/mol. The Bertz CT molecular complexity index is 2120. The number of rotatable bonds is 3. The molecule has 0 aliphatic rings. The normalized spacial score (nSPS) is 12.3. The van der Waals surface area contributed by atoms with Crippen LogP contribution in [0.15, 0.2) is 96.0 Å². The molecule has 0 bridgehead atoms. The van der Waals surface area contributed by atoms with Crippen LogP contribution in [-0.4, -0.2) is 26.2 Å². The van der Waals surface area contributed by atoms with Crippen molar-refractivity contribution in [1.29, 1.82) is 0 Å². The van der Waals surface area contributed by atoms with E-state index in [4.69, 9.17) is 14.5 Å². The number of ether oxygens (including phenoxy) is 2. The monoisotopic (exact) mass is 495 g/mol. The average Bonchev–Trinajstić information content (AvgIpc) is 3.28. The molecule has 182 valence electrons. The van der Waals surface area contributed by atoms with Crippen LogP contribution in [0.25, 0.3) is 53.9 Å². The standard InChI is InChI=1S/C33H21NO4/c1-37-32(35)29-24-17-21-14-13-19-9-5-10-20-15-16-23(27(21)26(19)20)28(24)31(30(29)33(36)38-2)34-25-12-6-8-18-7-3-4-11-22(18)25/h3-17H,1-2H3. The summed E-state index contributed by atoms with van der Waals surface area (Å²) >= 11 is 0. The highest BCUT2D eigenvalue weighted by Gasteiger charge is 2.29. The molecule has 0 radical (unpaired) electrons. The zero-order valence-corrected chi connectivity index (χ0v) is 20.7. The van der Waals surface area contributed by atoms with E-state index in [0.717, 1.165) is 48.5 Å². The highest BCUT2D eigenvalue weighted by molar-refractivity contribution is 6.31. The molecule has 0 aliphatic heterocycles. The summed E-state index contributed by atoms with van der Waals surface area (Å²) in [6.07, 6.45) is 0. The van der Waals surface area contributed by atoms with Crippen LogP contribution in [0.1, 0.15) is 20.7 Å². The lowest BCUT2D eigenvalue weighted by atomic mass is 9.92. The molecule has 0 atom stereocenters. The van der Waals surface area contributed by atoms with Crippen LogP contribution in [0, 0.1) is 0 Å². The van der Waals surface area contributed by atoms with Crippen molar-refractivity contribution in [1.82, 2.24) is 0 Å². The van der Waals surface area contributed by atoms with Crippen LogP contribution in [-0.2, 0) is 9.47 Å². The minimum atomic E-state index is -0.637. The topological polar surface area (TPSA) is 65.0 Å². The molecule has 0 spiro atoms. The second-order valence-electron chi connectivity index (χ2n) is 9.35. The number of nitrogens with zero attached hydrogens (tertiary/aromatic N) is 1. The molecular formula is C33H21NO4. The van der Waals surface area contributed by atoms with Gasteiger partial charge < -0.3 is 9.47 Å². The summed E-state index contributed by atoms with van der Waals surface area (Å²) in [4.78, 5) is 31.6. The first-order valence-corrected chi connectivity index (χ1v) is 12.3. The molecule has 5 heteroatoms. The van der Waals surface area contributed by atoms with E-state index in [2.05, 4.69) is 36.4 Å². The molecule has 0 amide bonds. The maximum absolute atomic E-state index is 13.3. The highest BCUT2D eigenvalue weighted by atomic mass is 16.5. The Morgan fingerprint density at radius 3 is 1.97 bits per heavy atom. The van der Waals surface area contributed by atoms with Crippen molar-refractivity contribution >= 4 is 71.5 Å². The molecule has 0 fully saturated rings. The molecule has 0 aliphatic carbocycles. The number of hydrogen-bond donors (Lipinski definition) is 0. The maximum atomic E-state index is 13.3. The van der Waals surface area contributed by atoms with Gasteiger partial charge in [0.15, 0.2) is 0 Å². The lowest BCUT2D eigenvalue weighted by Gasteiger charge is -2.12. The number of carbonyl (C=O) groups excluding carboxylic acids is 2. The molecular weight excluding hydrogens is 474 g/mol. The third-order valence-electron chi connectivity index (χ3n) is 7.42. The molecule has 0 saturated heterocycles. The van der Waals surface area contributed by atoms with Gasteiger partial charge in [0, 0.05) is 16.2 Å². The molecule has 0 unspecified atom stereocenters. The Hall–Kier alpha value is -5.03. The molecule has 0 heterocycles. The first-order valence-electron chi connectivity index (χ1n) is 12.3. The van der Waals surface area contributed by atoms with E-state index >= 15 is 0 Å². The number of hydrogen-bond acceptors (Lipinski definition) is 5. The largest absolute Gasteiger partial charge is 0.465 e. The van der Waals surface area contributed by atoms with E-state index < -0.39 is 11.9 Å². The van der Waals surface area contributed by atoms with E-state index in [1.807, 2.05) is 54.6 Å². The first kappa shape index (κ1) is 22.2. The van der Waals surface area contributed by atoms with Gasteiger partial charge in [0.25, 0.3) is 0 Å². The van der Waals surface area contributed by atoms with Gasteiger partial charge in [0.1, 0.15) is 5.56 Å². The van der Waals surface area contributed by atoms with Crippen molar-refractivity contribution in [2.45, 2.75) is 0 Å². The number of methoxy groups -OCH3 is 2. The number of benzene rings is 6. The molecule has 5 nitrogen and oxygen atoms in total. The fourth-order valence-electron chi connectivity index (χ4n) is 5.79. The number of carbonyl (C=O) groups is 2. The van der Waals surface area contributed by atoms with Gasteiger partial charge in [-0.2, -0.15) is 0 Å². The third kappa shape index (κ3) is 3.02. The predicted octanol–water partition coefficient (Wildman–Crippen LogP) is 7.13. The fraction of sp³-hybridized carbons (Fsp3) is 0.0606. The van der Waals surface area contributed by atoms with Gasteiger partial charge >= 0.3 is 11.9 Å². The van der Waals surface area contributed by atoms with E-state index in [9.17, 15) is 9.59 Å². The highest BCUT2D eigenvalue weighted by Crippen LogP contribution is 2.40. The third-order valence-corrected chi connectivity index (χ3v) is 7.42. The zero-order chi connectivity index (χ0) is 26.0. The average molecular weight is 496 g/mol. The van der Waals surface area contributed by atoms with Crippen LogP contribution in [0.5, 0.6) is 0 Å². The van der Waals surface area contributed by atoms with Gasteiger partial charge in [0.2, 0.25) is 0 Å².